The van der Waals surface area contributed by atoms with Gasteiger partial charge in [0.1, 0.15) is 15.9 Å². The third-order valence-corrected chi connectivity index (χ3v) is 6.04. The Morgan fingerprint density at radius 2 is 2.08 bits per heavy atom. The van der Waals surface area contributed by atoms with E-state index in [0.29, 0.717) is 5.69 Å². The van der Waals surface area contributed by atoms with Gasteiger partial charge in [-0.05, 0) is 24.0 Å². The molecule has 0 unspecified atom stereocenters. The van der Waals surface area contributed by atoms with Gasteiger partial charge in [-0.3, -0.25) is 9.58 Å². The minimum Gasteiger partial charge on any atom is -0.386 e. The van der Waals surface area contributed by atoms with E-state index in [2.05, 4.69) is 40.5 Å². The minimum absolute atomic E-state index is 0.297. The number of thioether (sulfide) groups is 1. The number of aliphatic hydroxyl groups is 1. The molecule has 25 heavy (non-hydrogen) atoms. The Labute approximate surface area is 152 Å². The number of fused-ring (bicyclic) bond motifs is 1. The Morgan fingerprint density at radius 3 is 2.80 bits per heavy atom. The summed E-state index contributed by atoms with van der Waals surface area (Å²) in [6.45, 7) is 3.21. The van der Waals surface area contributed by atoms with Crippen molar-refractivity contribution in [2.45, 2.75) is 30.6 Å². The molecule has 0 radical (unpaired) electrons. The van der Waals surface area contributed by atoms with Crippen LogP contribution in [0.15, 0.2) is 35.2 Å². The van der Waals surface area contributed by atoms with Crippen LogP contribution in [0.25, 0.3) is 0 Å². The molecule has 1 N–H and O–H groups in total. The highest BCUT2D eigenvalue weighted by Gasteiger charge is 2.23. The van der Waals surface area contributed by atoms with Crippen LogP contribution in [0, 0.1) is 0 Å². The van der Waals surface area contributed by atoms with Gasteiger partial charge in [-0.15, -0.1) is 11.8 Å². The fourth-order valence-corrected chi connectivity index (χ4v) is 4.44. The lowest BCUT2D eigenvalue weighted by Gasteiger charge is -2.28. The molecule has 3 rings (SSSR count). The molecule has 1 aliphatic rings. The predicted octanol–water partition coefficient (Wildman–Crippen LogP) is 1.70. The first-order chi connectivity index (χ1) is 11.9. The van der Waals surface area contributed by atoms with Gasteiger partial charge in [0.15, 0.2) is 0 Å². The quantitative estimate of drug-likeness (QED) is 0.768. The van der Waals surface area contributed by atoms with E-state index in [0.717, 1.165) is 38.1 Å². The average Bonchev–Trinajstić information content (AvgIpc) is 2.97. The van der Waals surface area contributed by atoms with Gasteiger partial charge in [-0.1, -0.05) is 18.2 Å². The topological polar surface area (TPSA) is 75.4 Å². The Hall–Kier alpha value is -1.35. The van der Waals surface area contributed by atoms with Crippen LogP contribution in [-0.2, 0) is 29.5 Å². The van der Waals surface area contributed by atoms with Crippen LogP contribution in [0.2, 0.25) is 0 Å². The van der Waals surface area contributed by atoms with Gasteiger partial charge in [0.05, 0.1) is 23.7 Å². The fourth-order valence-electron chi connectivity index (χ4n) is 3.09. The lowest BCUT2D eigenvalue weighted by molar-refractivity contribution is 0.191. The molecule has 0 aliphatic carbocycles. The van der Waals surface area contributed by atoms with Crippen molar-refractivity contribution in [2.24, 2.45) is 0 Å². The van der Waals surface area contributed by atoms with Crippen molar-refractivity contribution >= 4 is 21.6 Å². The summed E-state index contributed by atoms with van der Waals surface area (Å²) in [6.07, 6.45) is 2.13. The van der Waals surface area contributed by atoms with Crippen LogP contribution in [0.1, 0.15) is 23.1 Å². The molecule has 6 nitrogen and oxygen atoms in total. The Morgan fingerprint density at radius 1 is 1.32 bits per heavy atom. The minimum atomic E-state index is -3.24. The molecule has 0 bridgehead atoms. The highest BCUT2D eigenvalue weighted by molar-refractivity contribution is 7.98. The molecular weight excluding hydrogens is 358 g/mol. The van der Waals surface area contributed by atoms with Gasteiger partial charge in [0, 0.05) is 30.8 Å². The van der Waals surface area contributed by atoms with E-state index in [4.69, 9.17) is 0 Å². The summed E-state index contributed by atoms with van der Waals surface area (Å²) in [4.78, 5) is 3.63. The van der Waals surface area contributed by atoms with E-state index >= 15 is 0 Å². The van der Waals surface area contributed by atoms with Gasteiger partial charge >= 0.3 is 0 Å². The highest BCUT2D eigenvalue weighted by Crippen LogP contribution is 2.24. The number of sulfone groups is 1. The zero-order valence-electron chi connectivity index (χ0n) is 14.4. The Kier molecular flexibility index (Phi) is 5.52. The third kappa shape index (κ3) is 4.63. The van der Waals surface area contributed by atoms with Gasteiger partial charge < -0.3 is 5.11 Å². The van der Waals surface area contributed by atoms with Crippen LogP contribution in [0.3, 0.4) is 0 Å². The Bertz CT molecular complexity index is 849. The van der Waals surface area contributed by atoms with E-state index < -0.39 is 15.9 Å². The normalized spacial score (nSPS) is 16.6. The molecule has 2 heterocycles. The van der Waals surface area contributed by atoms with Crippen molar-refractivity contribution in [3.63, 3.8) is 0 Å². The van der Waals surface area contributed by atoms with Crippen molar-refractivity contribution < 1.29 is 13.5 Å². The molecule has 1 aromatic carbocycles. The number of hydrogen-bond donors (Lipinski definition) is 1. The first-order valence-electron chi connectivity index (χ1n) is 8.12. The summed E-state index contributed by atoms with van der Waals surface area (Å²) in [7, 11) is -3.24. The summed E-state index contributed by atoms with van der Waals surface area (Å²) in [5.74, 6) is -0.297. The number of aromatic nitrogens is 2. The van der Waals surface area contributed by atoms with Crippen LogP contribution < -0.4 is 0 Å². The zero-order chi connectivity index (χ0) is 18.0. The van der Waals surface area contributed by atoms with Crippen molar-refractivity contribution in [1.82, 2.24) is 14.7 Å². The van der Waals surface area contributed by atoms with Crippen LogP contribution >= 0.6 is 11.8 Å². The summed E-state index contributed by atoms with van der Waals surface area (Å²) in [5.41, 5.74) is 2.75. The standard InChI is InChI=1S/C17H23N3O3S2/c1-24-17-6-4-3-5-13(17)10-19-7-8-20-14(11-19)9-15(18-20)16(21)12-25(2,22)23/h3-6,9,16,21H,7-8,10-12H2,1-2H3/t16-/m1/s1. The second-order valence-corrected chi connectivity index (χ2v) is 9.45. The van der Waals surface area contributed by atoms with Crippen molar-refractivity contribution in [2.75, 3.05) is 24.8 Å². The van der Waals surface area contributed by atoms with Gasteiger partial charge in [0.2, 0.25) is 0 Å². The average molecular weight is 382 g/mol. The van der Waals surface area contributed by atoms with Crippen LogP contribution in [0.5, 0.6) is 0 Å². The molecule has 0 spiro atoms. The van der Waals surface area contributed by atoms with Crippen molar-refractivity contribution in [3.8, 4) is 0 Å². The lowest BCUT2D eigenvalue weighted by Crippen LogP contribution is -2.33. The molecule has 8 heteroatoms. The summed E-state index contributed by atoms with van der Waals surface area (Å²) in [5, 5.41) is 14.5. The SMILES string of the molecule is CSc1ccccc1CN1CCn2nc([C@H](O)CS(C)(=O)=O)cc2C1. The second-order valence-electron chi connectivity index (χ2n) is 6.41. The molecule has 0 saturated carbocycles. The van der Waals surface area contributed by atoms with E-state index in [1.807, 2.05) is 10.7 Å². The van der Waals surface area contributed by atoms with E-state index in [1.165, 1.54) is 10.5 Å². The summed E-state index contributed by atoms with van der Waals surface area (Å²) in [6, 6.07) is 10.2. The van der Waals surface area contributed by atoms with Crippen molar-refractivity contribution in [3.05, 3.63) is 47.3 Å². The Balaban J connectivity index is 1.71. The van der Waals surface area contributed by atoms with Crippen LogP contribution in [-0.4, -0.2) is 53.0 Å². The molecule has 1 atom stereocenters. The zero-order valence-corrected chi connectivity index (χ0v) is 16.1. The number of rotatable bonds is 6. The number of nitrogens with zero attached hydrogens (tertiary/aromatic N) is 3. The lowest BCUT2D eigenvalue weighted by atomic mass is 10.2. The third-order valence-electron chi connectivity index (χ3n) is 4.28. The monoisotopic (exact) mass is 381 g/mol. The smallest absolute Gasteiger partial charge is 0.150 e. The van der Waals surface area contributed by atoms with Crippen LogP contribution in [0.4, 0.5) is 0 Å². The van der Waals surface area contributed by atoms with E-state index in [-0.39, 0.29) is 5.75 Å². The van der Waals surface area contributed by atoms with Crippen molar-refractivity contribution in [1.29, 1.82) is 0 Å². The second kappa shape index (κ2) is 7.49. The van der Waals surface area contributed by atoms with Gasteiger partial charge in [-0.2, -0.15) is 5.10 Å². The molecule has 1 aromatic heterocycles. The largest absolute Gasteiger partial charge is 0.386 e. The number of hydrogen-bond acceptors (Lipinski definition) is 6. The van der Waals surface area contributed by atoms with E-state index in [9.17, 15) is 13.5 Å². The fraction of sp³-hybridized carbons (Fsp3) is 0.471. The predicted molar refractivity (Wildman–Crippen MR) is 99.2 cm³/mol. The molecule has 136 valence electrons. The highest BCUT2D eigenvalue weighted by atomic mass is 32.2. The molecule has 0 fully saturated rings. The first kappa shape index (κ1) is 18.4. The maximum absolute atomic E-state index is 11.4. The van der Waals surface area contributed by atoms with Gasteiger partial charge in [0.25, 0.3) is 0 Å². The maximum atomic E-state index is 11.4. The molecule has 2 aromatic rings. The summed E-state index contributed by atoms with van der Waals surface area (Å²) < 4.78 is 24.6. The first-order valence-corrected chi connectivity index (χ1v) is 11.4. The number of aliphatic hydroxyl groups excluding tert-OH is 1. The number of benzene rings is 1. The van der Waals surface area contributed by atoms with Gasteiger partial charge in [-0.25, -0.2) is 8.42 Å². The van der Waals surface area contributed by atoms with E-state index in [1.54, 1.807) is 11.8 Å². The molecule has 0 amide bonds. The molecule has 1 aliphatic heterocycles. The summed E-state index contributed by atoms with van der Waals surface area (Å²) >= 11 is 1.75. The molecule has 0 saturated heterocycles. The maximum Gasteiger partial charge on any atom is 0.150 e. The molecular formula is C17H23N3O3S2.